The van der Waals surface area contributed by atoms with E-state index in [1.54, 1.807) is 18.2 Å². The molecule has 0 aromatic heterocycles. The highest BCUT2D eigenvalue weighted by Crippen LogP contribution is 2.36. The Kier molecular flexibility index (Phi) is 1.81. The fraction of sp³-hybridized carbons (Fsp3) is 0.222. The van der Waals surface area contributed by atoms with Crippen molar-refractivity contribution in [1.82, 2.24) is 0 Å². The van der Waals surface area contributed by atoms with Gasteiger partial charge in [0, 0.05) is 6.07 Å². The third-order valence-electron chi connectivity index (χ3n) is 2.01. The van der Waals surface area contributed by atoms with Gasteiger partial charge in [-0.25, -0.2) is 4.84 Å². The average molecular weight is 178 g/mol. The Hall–Kier alpha value is -1.71. The first kappa shape index (κ1) is 7.91. The van der Waals surface area contributed by atoms with E-state index in [-0.39, 0.29) is 6.42 Å². The van der Waals surface area contributed by atoms with Gasteiger partial charge in [-0.2, -0.15) is 0 Å². The predicted octanol–water partition coefficient (Wildman–Crippen LogP) is 1.67. The van der Waals surface area contributed by atoms with Gasteiger partial charge in [-0.05, 0) is 6.07 Å². The molecule has 4 nitrogen and oxygen atoms in total. The van der Waals surface area contributed by atoms with Crippen LogP contribution in [0.1, 0.15) is 18.1 Å². The van der Waals surface area contributed by atoms with Crippen LogP contribution >= 0.6 is 0 Å². The van der Waals surface area contributed by atoms with Crippen molar-refractivity contribution in [2.45, 2.75) is 12.5 Å². The molecule has 0 saturated heterocycles. The fourth-order valence-electron chi connectivity index (χ4n) is 1.41. The van der Waals surface area contributed by atoms with Crippen LogP contribution in [0.5, 0.6) is 0 Å². The molecule has 1 aromatic rings. The fourth-order valence-corrected chi connectivity index (χ4v) is 1.41. The monoisotopic (exact) mass is 178 g/mol. The van der Waals surface area contributed by atoms with Gasteiger partial charge in [-0.15, -0.1) is 0 Å². The van der Waals surface area contributed by atoms with Crippen molar-refractivity contribution in [2.24, 2.45) is 0 Å². The molecule has 13 heavy (non-hydrogen) atoms. The highest BCUT2D eigenvalue weighted by molar-refractivity contribution is 5.53. The minimum absolute atomic E-state index is 0.218. The van der Waals surface area contributed by atoms with Gasteiger partial charge in [-0.3, -0.25) is 0 Å². The second-order valence-electron chi connectivity index (χ2n) is 2.81. The number of aldehydes is 1. The van der Waals surface area contributed by atoms with Gasteiger partial charge in [0.1, 0.15) is 6.29 Å². The molecule has 1 unspecified atom stereocenters. The molecule has 0 bridgehead atoms. The van der Waals surface area contributed by atoms with Crippen molar-refractivity contribution < 1.29 is 14.6 Å². The van der Waals surface area contributed by atoms with Crippen LogP contribution in [-0.4, -0.2) is 11.2 Å². The highest BCUT2D eigenvalue weighted by atomic mass is 16.8. The van der Waals surface area contributed by atoms with E-state index >= 15 is 0 Å². The first-order valence-electron chi connectivity index (χ1n) is 3.99. The van der Waals surface area contributed by atoms with E-state index in [1.807, 2.05) is 6.07 Å². The zero-order valence-electron chi connectivity index (χ0n) is 6.84. The second kappa shape index (κ2) is 2.97. The molecule has 66 valence electrons. The molecule has 0 aliphatic carbocycles. The number of rotatable bonds is 2. The summed E-state index contributed by atoms with van der Waals surface area (Å²) in [5, 5.41) is 0. The summed E-state index contributed by atoms with van der Waals surface area (Å²) in [6.07, 6.45) is 0.558. The minimum Gasteiger partial charge on any atom is -0.303 e. The molecule has 0 radical (unpaired) electrons. The van der Waals surface area contributed by atoms with Crippen LogP contribution in [0, 0.1) is 4.91 Å². The maximum atomic E-state index is 11.1. The highest BCUT2D eigenvalue weighted by Gasteiger charge is 2.38. The summed E-state index contributed by atoms with van der Waals surface area (Å²) in [6.45, 7) is 0. The zero-order chi connectivity index (χ0) is 9.26. The maximum Gasteiger partial charge on any atom is 0.323 e. The molecule has 4 heteroatoms. The van der Waals surface area contributed by atoms with E-state index < -0.39 is 6.10 Å². The molecular formula is C9H8NO3+. The van der Waals surface area contributed by atoms with E-state index in [2.05, 4.69) is 0 Å². The lowest BCUT2D eigenvalue weighted by Crippen LogP contribution is -1.99. The number of benzene rings is 1. The first-order chi connectivity index (χ1) is 6.33. The van der Waals surface area contributed by atoms with Gasteiger partial charge in [0.2, 0.25) is 6.10 Å². The largest absolute Gasteiger partial charge is 0.323 e. The Morgan fingerprint density at radius 2 is 2.23 bits per heavy atom. The molecule has 1 atom stereocenters. The SMILES string of the molecule is O=CCC1O[N+](=O)c2ccccc21. The van der Waals surface area contributed by atoms with Gasteiger partial charge >= 0.3 is 5.69 Å². The van der Waals surface area contributed by atoms with Gasteiger partial charge < -0.3 is 4.79 Å². The van der Waals surface area contributed by atoms with Crippen molar-refractivity contribution in [2.75, 3.05) is 0 Å². The molecule has 1 aliphatic rings. The Morgan fingerprint density at radius 1 is 1.46 bits per heavy atom. The number of nitrogens with zero attached hydrogens (tertiary/aromatic N) is 1. The molecule has 1 aliphatic heterocycles. The number of carbonyl (C=O) groups excluding carboxylic acids is 1. The number of hydrogen-bond donors (Lipinski definition) is 0. The van der Waals surface area contributed by atoms with E-state index in [1.165, 1.54) is 0 Å². The number of carbonyl (C=O) groups is 1. The maximum absolute atomic E-state index is 11.1. The van der Waals surface area contributed by atoms with Crippen LogP contribution in [0.2, 0.25) is 0 Å². The van der Waals surface area contributed by atoms with Gasteiger partial charge in [-0.1, -0.05) is 12.1 Å². The first-order valence-corrected chi connectivity index (χ1v) is 3.99. The molecule has 0 N–H and O–H groups in total. The molecule has 0 amide bonds. The van der Waals surface area contributed by atoms with Crippen LogP contribution in [0.15, 0.2) is 24.3 Å². The van der Waals surface area contributed by atoms with Crippen molar-refractivity contribution in [3.63, 3.8) is 0 Å². The molecule has 0 fully saturated rings. The van der Waals surface area contributed by atoms with Crippen LogP contribution in [0.25, 0.3) is 0 Å². The quantitative estimate of drug-likeness (QED) is 0.647. The van der Waals surface area contributed by atoms with E-state index in [0.717, 1.165) is 11.8 Å². The lowest BCUT2D eigenvalue weighted by atomic mass is 10.1. The molecular weight excluding hydrogens is 170 g/mol. The Morgan fingerprint density at radius 3 is 3.00 bits per heavy atom. The Balaban J connectivity index is 2.41. The molecule has 2 rings (SSSR count). The summed E-state index contributed by atoms with van der Waals surface area (Å²) in [6, 6.07) is 7.05. The van der Waals surface area contributed by atoms with Gasteiger partial charge in [0.05, 0.1) is 16.9 Å². The van der Waals surface area contributed by atoms with Crippen molar-refractivity contribution in [1.29, 1.82) is 0 Å². The van der Waals surface area contributed by atoms with Crippen molar-refractivity contribution >= 4 is 12.0 Å². The summed E-state index contributed by atoms with van der Waals surface area (Å²) in [7, 11) is 0. The molecule has 0 saturated carbocycles. The Bertz CT molecular complexity index is 362. The standard InChI is InChI=1S/C9H8NO3/c11-6-5-9-7-3-1-2-4-8(7)10(12)13-9/h1-4,6,9H,5H2/q+1. The number of fused-ring (bicyclic) bond motifs is 1. The van der Waals surface area contributed by atoms with E-state index in [9.17, 15) is 9.70 Å². The van der Waals surface area contributed by atoms with E-state index in [4.69, 9.17) is 4.84 Å². The topological polar surface area (TPSA) is 46.4 Å². The van der Waals surface area contributed by atoms with Crippen molar-refractivity contribution in [3.8, 4) is 0 Å². The summed E-state index contributed by atoms with van der Waals surface area (Å²) in [4.78, 5) is 26.8. The molecule has 0 spiro atoms. The number of hydrogen-bond acceptors (Lipinski definition) is 3. The lowest BCUT2D eigenvalue weighted by molar-refractivity contribution is -0.745. The minimum atomic E-state index is -0.411. The van der Waals surface area contributed by atoms with Crippen molar-refractivity contribution in [3.05, 3.63) is 34.7 Å². The molecule has 1 heterocycles. The predicted molar refractivity (Wildman–Crippen MR) is 44.2 cm³/mol. The van der Waals surface area contributed by atoms with Gasteiger partial charge in [0.25, 0.3) is 4.92 Å². The number of para-hydroxylation sites is 1. The summed E-state index contributed by atoms with van der Waals surface area (Å²) < 4.78 is 0. The third-order valence-corrected chi connectivity index (χ3v) is 2.01. The smallest absolute Gasteiger partial charge is 0.303 e. The van der Waals surface area contributed by atoms with Crippen LogP contribution < -0.4 is 0 Å². The second-order valence-corrected chi connectivity index (χ2v) is 2.81. The summed E-state index contributed by atoms with van der Waals surface area (Å²) in [5.74, 6) is 0. The van der Waals surface area contributed by atoms with Gasteiger partial charge in [0.15, 0.2) is 0 Å². The summed E-state index contributed by atoms with van der Waals surface area (Å²) >= 11 is 0. The molecule has 1 aromatic carbocycles. The third kappa shape index (κ3) is 1.20. The van der Waals surface area contributed by atoms with Crippen LogP contribution in [0.4, 0.5) is 5.69 Å². The zero-order valence-corrected chi connectivity index (χ0v) is 6.84. The Labute approximate surface area is 74.7 Å². The van der Waals surface area contributed by atoms with E-state index in [0.29, 0.717) is 10.6 Å². The van der Waals surface area contributed by atoms with Crippen LogP contribution in [0.3, 0.4) is 0 Å². The van der Waals surface area contributed by atoms with Crippen LogP contribution in [-0.2, 0) is 9.63 Å². The average Bonchev–Trinajstić information content (AvgIpc) is 2.46. The lowest BCUT2D eigenvalue weighted by Gasteiger charge is -1.95. The summed E-state index contributed by atoms with van der Waals surface area (Å²) in [5.41, 5.74) is 1.28. The normalized spacial score (nSPS) is 19.4.